The van der Waals surface area contributed by atoms with Gasteiger partial charge in [-0.15, -0.1) is 0 Å². The first-order chi connectivity index (χ1) is 9.76. The van der Waals surface area contributed by atoms with Gasteiger partial charge in [-0.3, -0.25) is 0 Å². The molecule has 0 bridgehead atoms. The summed E-state index contributed by atoms with van der Waals surface area (Å²) in [5.74, 6) is 0.803. The minimum Gasteiger partial charge on any atom is -0.329 e. The topological polar surface area (TPSA) is 44.5 Å². The van der Waals surface area contributed by atoms with Crippen LogP contribution in [-0.2, 0) is 0 Å². The highest BCUT2D eigenvalue weighted by atomic mass is 15.5. The van der Waals surface area contributed by atoms with Gasteiger partial charge in [-0.1, -0.05) is 24.3 Å². The maximum atomic E-state index is 5.99. The zero-order valence-corrected chi connectivity index (χ0v) is 12.4. The van der Waals surface area contributed by atoms with Gasteiger partial charge in [0.1, 0.15) is 0 Å². The number of nitrogens with two attached hydrogens (primary N) is 1. The summed E-state index contributed by atoms with van der Waals surface area (Å²) >= 11 is 0. The van der Waals surface area contributed by atoms with Crippen molar-refractivity contribution in [1.29, 1.82) is 0 Å². The van der Waals surface area contributed by atoms with Crippen molar-refractivity contribution in [3.8, 4) is 0 Å². The van der Waals surface area contributed by atoms with E-state index in [1.807, 2.05) is 0 Å². The van der Waals surface area contributed by atoms with Crippen molar-refractivity contribution in [3.05, 3.63) is 35.4 Å². The van der Waals surface area contributed by atoms with Crippen LogP contribution in [0, 0.1) is 0 Å². The van der Waals surface area contributed by atoms with E-state index in [1.165, 1.54) is 24.0 Å². The fraction of sp³-hybridized carbons (Fsp3) is 0.625. The number of nitrogens with one attached hydrogen (secondary N) is 1. The fourth-order valence-electron chi connectivity index (χ4n) is 2.87. The van der Waals surface area contributed by atoms with Crippen molar-refractivity contribution in [1.82, 2.24) is 15.3 Å². The largest absolute Gasteiger partial charge is 0.329 e. The van der Waals surface area contributed by atoms with E-state index in [2.05, 4.69) is 46.6 Å². The monoisotopic (exact) mass is 274 g/mol. The maximum absolute atomic E-state index is 5.99. The Morgan fingerprint density at radius 1 is 1.25 bits per heavy atom. The molecular weight excluding hydrogens is 248 g/mol. The third kappa shape index (κ3) is 3.38. The van der Waals surface area contributed by atoms with Gasteiger partial charge < -0.3 is 10.6 Å². The van der Waals surface area contributed by atoms with Crippen LogP contribution in [-0.4, -0.2) is 49.7 Å². The minimum atomic E-state index is 0.233. The first-order valence-electron chi connectivity index (χ1n) is 7.76. The number of piperazine rings is 1. The van der Waals surface area contributed by atoms with Crippen molar-refractivity contribution in [2.45, 2.75) is 24.8 Å². The van der Waals surface area contributed by atoms with Gasteiger partial charge in [-0.25, -0.2) is 10.4 Å². The number of hydrogen-bond acceptors (Lipinski definition) is 4. The van der Waals surface area contributed by atoms with Gasteiger partial charge in [0.15, 0.2) is 0 Å². The summed E-state index contributed by atoms with van der Waals surface area (Å²) in [5.41, 5.74) is 12.4. The molecule has 1 aliphatic carbocycles. The molecule has 0 radical (unpaired) electrons. The Balaban J connectivity index is 1.64. The minimum absolute atomic E-state index is 0.233. The molecule has 2 fully saturated rings. The first kappa shape index (κ1) is 14.0. The molecule has 0 amide bonds. The molecule has 2 aliphatic rings. The molecule has 1 aromatic rings. The van der Waals surface area contributed by atoms with Gasteiger partial charge in [0, 0.05) is 32.7 Å². The molecule has 4 heteroatoms. The summed E-state index contributed by atoms with van der Waals surface area (Å²) in [7, 11) is 2.18. The number of hydrogen-bond donors (Lipinski definition) is 2. The molecule has 4 nitrogen and oxygen atoms in total. The highest BCUT2D eigenvalue weighted by Crippen LogP contribution is 2.40. The predicted molar refractivity (Wildman–Crippen MR) is 82.4 cm³/mol. The average Bonchev–Trinajstić information content (AvgIpc) is 3.31. The SMILES string of the molecule is CN1CCN(NC(CN)c2cccc(C3CC3)c2)CC1. The highest BCUT2D eigenvalue weighted by molar-refractivity contribution is 5.31. The van der Waals surface area contributed by atoms with E-state index in [1.54, 1.807) is 0 Å². The van der Waals surface area contributed by atoms with Crippen LogP contribution in [0.15, 0.2) is 24.3 Å². The lowest BCUT2D eigenvalue weighted by Gasteiger charge is -2.35. The van der Waals surface area contributed by atoms with Crippen molar-refractivity contribution >= 4 is 0 Å². The van der Waals surface area contributed by atoms with Crippen LogP contribution in [0.4, 0.5) is 0 Å². The zero-order chi connectivity index (χ0) is 13.9. The molecule has 20 heavy (non-hydrogen) atoms. The van der Waals surface area contributed by atoms with Gasteiger partial charge in [0.2, 0.25) is 0 Å². The number of nitrogens with zero attached hydrogens (tertiary/aromatic N) is 2. The molecule has 1 saturated heterocycles. The second-order valence-corrected chi connectivity index (χ2v) is 6.15. The molecule has 1 aliphatic heterocycles. The van der Waals surface area contributed by atoms with Crippen molar-refractivity contribution in [3.63, 3.8) is 0 Å². The Bertz CT molecular complexity index is 436. The summed E-state index contributed by atoms with van der Waals surface area (Å²) in [6.07, 6.45) is 2.70. The van der Waals surface area contributed by atoms with Gasteiger partial charge in [0.05, 0.1) is 6.04 Å². The molecule has 1 unspecified atom stereocenters. The molecule has 1 heterocycles. The molecule has 110 valence electrons. The molecular formula is C16H26N4. The normalized spacial score (nSPS) is 22.9. The van der Waals surface area contributed by atoms with Crippen molar-refractivity contribution in [2.24, 2.45) is 5.73 Å². The summed E-state index contributed by atoms with van der Waals surface area (Å²) < 4.78 is 0. The van der Waals surface area contributed by atoms with Crippen LogP contribution in [0.3, 0.4) is 0 Å². The Morgan fingerprint density at radius 3 is 2.65 bits per heavy atom. The Kier molecular flexibility index (Phi) is 4.36. The van der Waals surface area contributed by atoms with E-state index < -0.39 is 0 Å². The number of likely N-dealkylation sites (N-methyl/N-ethyl adjacent to an activating group) is 1. The summed E-state index contributed by atoms with van der Waals surface area (Å²) in [6.45, 7) is 5.00. The van der Waals surface area contributed by atoms with Crippen LogP contribution in [0.5, 0.6) is 0 Å². The summed E-state index contributed by atoms with van der Waals surface area (Å²) in [4.78, 5) is 2.36. The number of benzene rings is 1. The molecule has 1 atom stereocenters. The smallest absolute Gasteiger partial charge is 0.0587 e. The van der Waals surface area contributed by atoms with Gasteiger partial charge in [-0.05, 0) is 36.9 Å². The predicted octanol–water partition coefficient (Wildman–Crippen LogP) is 1.32. The van der Waals surface area contributed by atoms with Crippen molar-refractivity contribution in [2.75, 3.05) is 39.8 Å². The van der Waals surface area contributed by atoms with E-state index in [0.29, 0.717) is 6.54 Å². The van der Waals surface area contributed by atoms with Gasteiger partial charge >= 0.3 is 0 Å². The third-order valence-corrected chi connectivity index (χ3v) is 4.44. The van der Waals surface area contributed by atoms with Crippen LogP contribution < -0.4 is 11.2 Å². The highest BCUT2D eigenvalue weighted by Gasteiger charge is 2.24. The molecule has 1 saturated carbocycles. The lowest BCUT2D eigenvalue weighted by atomic mass is 10.0. The Hall–Kier alpha value is -0.940. The molecule has 3 rings (SSSR count). The maximum Gasteiger partial charge on any atom is 0.0587 e. The van der Waals surface area contributed by atoms with Crippen molar-refractivity contribution < 1.29 is 0 Å². The van der Waals surface area contributed by atoms with E-state index in [4.69, 9.17) is 5.73 Å². The van der Waals surface area contributed by atoms with Gasteiger partial charge in [0.25, 0.3) is 0 Å². The molecule has 3 N–H and O–H groups in total. The lowest BCUT2D eigenvalue weighted by Crippen LogP contribution is -2.52. The van der Waals surface area contributed by atoms with E-state index in [-0.39, 0.29) is 6.04 Å². The van der Waals surface area contributed by atoms with E-state index >= 15 is 0 Å². The standard InChI is InChI=1S/C16H26N4/c1-19-7-9-20(10-8-19)18-16(12-17)15-4-2-3-14(11-15)13-5-6-13/h2-4,11,13,16,18H,5-10,12,17H2,1H3. The van der Waals surface area contributed by atoms with E-state index in [9.17, 15) is 0 Å². The Labute approximate surface area is 121 Å². The Morgan fingerprint density at radius 2 is 2.00 bits per heavy atom. The fourth-order valence-corrected chi connectivity index (χ4v) is 2.87. The third-order valence-electron chi connectivity index (χ3n) is 4.44. The summed E-state index contributed by atoms with van der Waals surface area (Å²) in [6, 6.07) is 9.21. The summed E-state index contributed by atoms with van der Waals surface area (Å²) in [5, 5.41) is 2.32. The molecule has 0 aromatic heterocycles. The lowest BCUT2D eigenvalue weighted by molar-refractivity contribution is 0.0880. The van der Waals surface area contributed by atoms with Crippen LogP contribution in [0.2, 0.25) is 0 Å². The van der Waals surface area contributed by atoms with E-state index in [0.717, 1.165) is 32.1 Å². The van der Waals surface area contributed by atoms with Gasteiger partial charge in [-0.2, -0.15) is 0 Å². The number of hydrazine groups is 1. The first-order valence-corrected chi connectivity index (χ1v) is 7.76. The second-order valence-electron chi connectivity index (χ2n) is 6.15. The average molecular weight is 274 g/mol. The molecule has 1 aromatic carbocycles. The van der Waals surface area contributed by atoms with Crippen LogP contribution >= 0.6 is 0 Å². The van der Waals surface area contributed by atoms with Crippen LogP contribution in [0.25, 0.3) is 0 Å². The zero-order valence-electron chi connectivity index (χ0n) is 12.4. The molecule has 0 spiro atoms. The second kappa shape index (κ2) is 6.22. The van der Waals surface area contributed by atoms with Crippen LogP contribution in [0.1, 0.15) is 35.9 Å². The number of rotatable bonds is 5. The quantitative estimate of drug-likeness (QED) is 0.850.